The Morgan fingerprint density at radius 1 is 1.19 bits per heavy atom. The number of rotatable bonds is 5. The van der Waals surface area contributed by atoms with E-state index in [1.165, 1.54) is 7.11 Å². The number of imidazole rings is 1. The van der Waals surface area contributed by atoms with Crippen molar-refractivity contribution in [3.05, 3.63) is 17.7 Å². The summed E-state index contributed by atoms with van der Waals surface area (Å²) in [6.45, 7) is 3.75. The summed E-state index contributed by atoms with van der Waals surface area (Å²) in [7, 11) is -2.31. The third-order valence-electron chi connectivity index (χ3n) is 8.48. The molecule has 142 valence electrons. The zero-order chi connectivity index (χ0) is 18.6. The van der Waals surface area contributed by atoms with Crippen LogP contribution in [0.4, 0.5) is 13.2 Å². The van der Waals surface area contributed by atoms with Crippen molar-refractivity contribution in [3.8, 4) is 0 Å². The number of aromatic nitrogens is 2. The molecule has 1 heterocycles. The molecule has 0 N–H and O–H groups in total. The van der Waals surface area contributed by atoms with Crippen LogP contribution in [-0.2, 0) is 25.9 Å². The summed E-state index contributed by atoms with van der Waals surface area (Å²) in [5.41, 5.74) is -1.17. The molecule has 0 unspecified atom stereocenters. The Labute approximate surface area is 149 Å². The van der Waals surface area contributed by atoms with Gasteiger partial charge in [0.05, 0.1) is 12.9 Å². The molecule has 0 atom stereocenters. The van der Waals surface area contributed by atoms with Crippen molar-refractivity contribution < 1.29 is 25.8 Å². The number of alkyl halides is 3. The highest BCUT2D eigenvalue weighted by atomic mass is 32.2. The molecule has 7 rings (SSSR count). The maximum absolute atomic E-state index is 13.2. The lowest BCUT2D eigenvalue weighted by Crippen LogP contribution is -3.12. The quantitative estimate of drug-likeness (QED) is 0.727. The van der Waals surface area contributed by atoms with E-state index in [1.54, 1.807) is 4.57 Å². The first-order chi connectivity index (χ1) is 12.0. The average molecular weight is 388 g/mol. The summed E-state index contributed by atoms with van der Waals surface area (Å²) in [5.74, 6) is 2.60. The molecule has 0 radical (unpaired) electrons. The van der Waals surface area contributed by atoms with E-state index in [2.05, 4.69) is 9.17 Å². The second-order valence-electron chi connectivity index (χ2n) is 9.02. The highest BCUT2D eigenvalue weighted by Crippen LogP contribution is 3.09. The largest absolute Gasteiger partial charge is 0.434 e. The summed E-state index contributed by atoms with van der Waals surface area (Å²) in [4.78, 5) is 4.05. The van der Waals surface area contributed by atoms with E-state index in [0.717, 1.165) is 6.20 Å². The summed E-state index contributed by atoms with van der Waals surface area (Å²) < 4.78 is 69.8. The lowest BCUT2D eigenvalue weighted by atomic mass is 8.92. The van der Waals surface area contributed by atoms with Crippen LogP contribution >= 0.6 is 0 Å². The predicted octanol–water partition coefficient (Wildman–Crippen LogP) is 2.45. The van der Waals surface area contributed by atoms with Gasteiger partial charge in [0.15, 0.2) is 5.69 Å². The van der Waals surface area contributed by atoms with E-state index in [-0.39, 0.29) is 22.6 Å². The monoisotopic (exact) mass is 388 g/mol. The number of halogens is 3. The minimum atomic E-state index is -4.44. The van der Waals surface area contributed by atoms with Gasteiger partial charge in [-0.3, -0.25) is 4.18 Å². The minimum Gasteiger partial charge on any atom is -0.331 e. The maximum atomic E-state index is 13.2. The van der Waals surface area contributed by atoms with Crippen LogP contribution in [0.25, 0.3) is 0 Å². The zero-order valence-corrected chi connectivity index (χ0v) is 15.3. The van der Waals surface area contributed by atoms with Crippen molar-refractivity contribution >= 4 is 10.1 Å². The fourth-order valence-electron chi connectivity index (χ4n) is 8.10. The van der Waals surface area contributed by atoms with Gasteiger partial charge >= 0.3 is 6.18 Å². The van der Waals surface area contributed by atoms with Gasteiger partial charge in [-0.2, -0.15) is 21.6 Å². The lowest BCUT2D eigenvalue weighted by Gasteiger charge is -3.11. The van der Waals surface area contributed by atoms with Crippen LogP contribution < -0.4 is 0 Å². The second kappa shape index (κ2) is 3.87. The molecule has 0 aromatic carbocycles. The smallest absolute Gasteiger partial charge is 0.331 e. The molecule has 6 saturated carbocycles. The Hall–Kier alpha value is -1.09. The van der Waals surface area contributed by atoms with Crippen LogP contribution in [0.1, 0.15) is 31.4 Å². The summed E-state index contributed by atoms with van der Waals surface area (Å²) >= 11 is 0. The molecule has 0 spiro atoms. The Morgan fingerprint density at radius 2 is 1.73 bits per heavy atom. The standard InChI is InChI=1S/C17H19F3N2O3S/c1-6(2)22-4-7(17(18,19)20)21-14(22)16-11-8-12(16)10-13(16)9(11)15(8,10)5-26(23,24)25-3/h4,6,8-13H,5H2,1-3H3. The molecule has 0 saturated heterocycles. The van der Waals surface area contributed by atoms with Crippen molar-refractivity contribution in [2.24, 2.45) is 40.9 Å². The molecule has 1 aromatic rings. The summed E-state index contributed by atoms with van der Waals surface area (Å²) in [6.07, 6.45) is -3.30. The van der Waals surface area contributed by atoms with Crippen LogP contribution in [0, 0.1) is 40.9 Å². The molecule has 0 aliphatic heterocycles. The summed E-state index contributed by atoms with van der Waals surface area (Å²) in [5, 5.41) is 0. The van der Waals surface area contributed by atoms with Gasteiger partial charge in [0.2, 0.25) is 0 Å². The normalized spacial score (nSPS) is 48.9. The van der Waals surface area contributed by atoms with E-state index in [4.69, 9.17) is 0 Å². The highest BCUT2D eigenvalue weighted by Gasteiger charge is 3.10. The van der Waals surface area contributed by atoms with Gasteiger partial charge in [-0.05, 0) is 54.8 Å². The van der Waals surface area contributed by atoms with Crippen LogP contribution in [-0.4, -0.2) is 30.8 Å². The van der Waals surface area contributed by atoms with Crippen molar-refractivity contribution in [1.82, 2.24) is 9.55 Å². The first-order valence-corrected chi connectivity index (χ1v) is 10.6. The van der Waals surface area contributed by atoms with Crippen molar-refractivity contribution in [2.45, 2.75) is 31.5 Å². The van der Waals surface area contributed by atoms with Gasteiger partial charge < -0.3 is 4.57 Å². The van der Waals surface area contributed by atoms with Gasteiger partial charge in [0, 0.05) is 17.7 Å². The van der Waals surface area contributed by atoms with E-state index < -0.39 is 22.0 Å². The number of hydrogen-bond donors (Lipinski definition) is 0. The van der Waals surface area contributed by atoms with Gasteiger partial charge in [-0.15, -0.1) is 0 Å². The molecule has 6 aliphatic rings. The molecule has 6 fully saturated rings. The number of nitrogens with zero attached hydrogens (tertiary/aromatic N) is 2. The first kappa shape index (κ1) is 15.9. The van der Waals surface area contributed by atoms with E-state index in [1.807, 2.05) is 13.8 Å². The van der Waals surface area contributed by atoms with Gasteiger partial charge in [0.1, 0.15) is 5.82 Å². The van der Waals surface area contributed by atoms with E-state index >= 15 is 0 Å². The molecule has 0 bridgehead atoms. The second-order valence-corrected chi connectivity index (χ2v) is 10.8. The number of hydrogen-bond acceptors (Lipinski definition) is 4. The third kappa shape index (κ3) is 1.20. The Balaban J connectivity index is 1.36. The van der Waals surface area contributed by atoms with Crippen LogP contribution in [0.3, 0.4) is 0 Å². The fraction of sp³-hybridized carbons (Fsp3) is 0.824. The molecular formula is C17H19F3N2O3S. The van der Waals surface area contributed by atoms with E-state index in [0.29, 0.717) is 41.3 Å². The van der Waals surface area contributed by atoms with Crippen LogP contribution in [0.5, 0.6) is 0 Å². The third-order valence-corrected chi connectivity index (χ3v) is 9.85. The van der Waals surface area contributed by atoms with Crippen molar-refractivity contribution in [2.75, 3.05) is 12.9 Å². The SMILES string of the molecule is COS(=O)(=O)CC12C3C4C1C1C2C3C41c1nc(C(F)(F)F)cn1C(C)C. The lowest BCUT2D eigenvalue weighted by molar-refractivity contribution is -0.624. The van der Waals surface area contributed by atoms with Gasteiger partial charge in [-0.25, -0.2) is 4.98 Å². The minimum absolute atomic E-state index is 0.0719. The molecular weight excluding hydrogens is 369 g/mol. The van der Waals surface area contributed by atoms with Crippen LogP contribution in [0.2, 0.25) is 0 Å². The zero-order valence-electron chi connectivity index (χ0n) is 14.5. The first-order valence-electron chi connectivity index (χ1n) is 8.98. The maximum Gasteiger partial charge on any atom is 0.434 e. The van der Waals surface area contributed by atoms with Crippen LogP contribution in [0.15, 0.2) is 6.20 Å². The van der Waals surface area contributed by atoms with Crippen molar-refractivity contribution in [1.29, 1.82) is 0 Å². The molecule has 0 amide bonds. The predicted molar refractivity (Wildman–Crippen MR) is 83.5 cm³/mol. The average Bonchev–Trinajstić information content (AvgIpc) is 3.01. The molecule has 1 aromatic heterocycles. The Bertz CT molecular complexity index is 911. The van der Waals surface area contributed by atoms with Gasteiger partial charge in [-0.1, -0.05) is 0 Å². The Kier molecular flexibility index (Phi) is 2.37. The molecule has 5 nitrogen and oxygen atoms in total. The fourth-order valence-corrected chi connectivity index (χ4v) is 9.40. The Morgan fingerprint density at radius 3 is 2.15 bits per heavy atom. The highest BCUT2D eigenvalue weighted by molar-refractivity contribution is 7.86. The molecule has 26 heavy (non-hydrogen) atoms. The van der Waals surface area contributed by atoms with Crippen molar-refractivity contribution in [3.63, 3.8) is 0 Å². The molecule has 9 heteroatoms. The topological polar surface area (TPSA) is 61.2 Å². The van der Waals surface area contributed by atoms with E-state index in [9.17, 15) is 21.6 Å². The molecule has 6 aliphatic carbocycles. The summed E-state index contributed by atoms with van der Waals surface area (Å²) in [6, 6.07) is -0.0861. The van der Waals surface area contributed by atoms with Gasteiger partial charge in [0.25, 0.3) is 10.1 Å².